The summed E-state index contributed by atoms with van der Waals surface area (Å²) in [6.45, 7) is 0. The number of hydrogen-bond donors (Lipinski definition) is 0. The van der Waals surface area contributed by atoms with Crippen molar-refractivity contribution in [1.29, 1.82) is 0 Å². The number of ether oxygens (including phenoxy) is 1. The molecule has 22 heavy (non-hydrogen) atoms. The maximum absolute atomic E-state index is 11.6. The van der Waals surface area contributed by atoms with E-state index in [9.17, 15) is 4.79 Å². The summed E-state index contributed by atoms with van der Waals surface area (Å²) in [4.78, 5) is 16.0. The van der Waals surface area contributed by atoms with Crippen molar-refractivity contribution < 1.29 is 9.53 Å². The largest absolute Gasteiger partial charge is 0.465 e. The molecule has 0 fully saturated rings. The highest BCUT2D eigenvalue weighted by Crippen LogP contribution is 2.24. The van der Waals surface area contributed by atoms with Gasteiger partial charge in [0.1, 0.15) is 5.15 Å². The van der Waals surface area contributed by atoms with Gasteiger partial charge in [-0.2, -0.15) is 0 Å². The van der Waals surface area contributed by atoms with Crippen molar-refractivity contribution in [1.82, 2.24) is 4.98 Å². The molecule has 0 saturated heterocycles. The summed E-state index contributed by atoms with van der Waals surface area (Å²) in [7, 11) is 1.37. The second kappa shape index (κ2) is 6.16. The Kier molecular flexibility index (Phi) is 4.07. The molecule has 4 heteroatoms. The predicted molar refractivity (Wildman–Crippen MR) is 87.3 cm³/mol. The highest BCUT2D eigenvalue weighted by molar-refractivity contribution is 6.30. The molecule has 0 spiro atoms. The molecule has 0 saturated carbocycles. The van der Waals surface area contributed by atoms with Gasteiger partial charge in [0.15, 0.2) is 0 Å². The number of carbonyl (C=O) groups is 1. The zero-order valence-electron chi connectivity index (χ0n) is 12.0. The molecule has 0 radical (unpaired) electrons. The van der Waals surface area contributed by atoms with Crippen molar-refractivity contribution in [3.05, 3.63) is 76.4 Å². The number of methoxy groups -OCH3 is 1. The first-order chi connectivity index (χ1) is 10.7. The number of rotatable bonds is 3. The first kappa shape index (κ1) is 14.5. The molecule has 0 bridgehead atoms. The number of fused-ring (bicyclic) bond motifs is 1. The number of nitrogens with zero attached hydrogens (tertiary/aromatic N) is 1. The SMILES string of the molecule is COC(=O)c1ccc2nc(Cl)c(Cc3ccccc3)cc2c1. The van der Waals surface area contributed by atoms with Crippen molar-refractivity contribution >= 4 is 28.5 Å². The molecule has 0 aliphatic carbocycles. The van der Waals surface area contributed by atoms with E-state index in [1.54, 1.807) is 18.2 Å². The minimum atomic E-state index is -0.360. The van der Waals surface area contributed by atoms with Crippen LogP contribution in [0.1, 0.15) is 21.5 Å². The van der Waals surface area contributed by atoms with E-state index in [0.717, 1.165) is 22.0 Å². The molecule has 0 aliphatic heterocycles. The first-order valence-corrected chi connectivity index (χ1v) is 7.26. The van der Waals surface area contributed by atoms with Crippen LogP contribution in [0, 0.1) is 0 Å². The average molecular weight is 312 g/mol. The fourth-order valence-corrected chi connectivity index (χ4v) is 2.59. The minimum Gasteiger partial charge on any atom is -0.465 e. The second-order valence-electron chi connectivity index (χ2n) is 5.00. The van der Waals surface area contributed by atoms with Crippen LogP contribution in [0.2, 0.25) is 5.15 Å². The third kappa shape index (κ3) is 2.95. The molecule has 3 rings (SSSR count). The van der Waals surface area contributed by atoms with Gasteiger partial charge in [-0.15, -0.1) is 0 Å². The lowest BCUT2D eigenvalue weighted by Crippen LogP contribution is -2.01. The normalized spacial score (nSPS) is 10.6. The van der Waals surface area contributed by atoms with Crippen LogP contribution in [0.15, 0.2) is 54.6 Å². The van der Waals surface area contributed by atoms with Gasteiger partial charge in [-0.25, -0.2) is 9.78 Å². The Balaban J connectivity index is 2.03. The number of pyridine rings is 1. The highest BCUT2D eigenvalue weighted by atomic mass is 35.5. The second-order valence-corrected chi connectivity index (χ2v) is 5.36. The maximum atomic E-state index is 11.6. The lowest BCUT2D eigenvalue weighted by molar-refractivity contribution is 0.0601. The fourth-order valence-electron chi connectivity index (χ4n) is 2.38. The number of aromatic nitrogens is 1. The van der Waals surface area contributed by atoms with Gasteiger partial charge in [-0.3, -0.25) is 0 Å². The van der Waals surface area contributed by atoms with Gasteiger partial charge in [0.05, 0.1) is 18.2 Å². The number of hydrogen-bond acceptors (Lipinski definition) is 3. The van der Waals surface area contributed by atoms with Crippen LogP contribution in [0.5, 0.6) is 0 Å². The van der Waals surface area contributed by atoms with Gasteiger partial charge in [-0.1, -0.05) is 41.9 Å². The van der Waals surface area contributed by atoms with E-state index >= 15 is 0 Å². The van der Waals surface area contributed by atoms with E-state index in [0.29, 0.717) is 17.1 Å². The van der Waals surface area contributed by atoms with Crippen LogP contribution in [-0.2, 0) is 11.2 Å². The summed E-state index contributed by atoms with van der Waals surface area (Å²) in [6.07, 6.45) is 0.699. The Morgan fingerprint density at radius 3 is 2.64 bits per heavy atom. The molecule has 3 aromatic rings. The number of benzene rings is 2. The molecule has 110 valence electrons. The van der Waals surface area contributed by atoms with Crippen LogP contribution in [-0.4, -0.2) is 18.1 Å². The van der Waals surface area contributed by atoms with Crippen molar-refractivity contribution in [3.63, 3.8) is 0 Å². The monoisotopic (exact) mass is 311 g/mol. The summed E-state index contributed by atoms with van der Waals surface area (Å²) in [5.74, 6) is -0.360. The molecular formula is C18H14ClNO2. The summed E-state index contributed by atoms with van der Waals surface area (Å²) in [6, 6.07) is 17.3. The Bertz CT molecular complexity index is 831. The summed E-state index contributed by atoms with van der Waals surface area (Å²) in [5, 5.41) is 1.36. The molecule has 3 nitrogen and oxygen atoms in total. The molecule has 0 amide bonds. The van der Waals surface area contributed by atoms with Crippen LogP contribution in [0.3, 0.4) is 0 Å². The van der Waals surface area contributed by atoms with Gasteiger partial charge in [0.25, 0.3) is 0 Å². The van der Waals surface area contributed by atoms with Crippen molar-refractivity contribution in [2.45, 2.75) is 6.42 Å². The van der Waals surface area contributed by atoms with E-state index < -0.39 is 0 Å². The number of esters is 1. The van der Waals surface area contributed by atoms with Crippen LogP contribution in [0.25, 0.3) is 10.9 Å². The van der Waals surface area contributed by atoms with Gasteiger partial charge in [0.2, 0.25) is 0 Å². The zero-order chi connectivity index (χ0) is 15.5. The standard InChI is InChI=1S/C18H14ClNO2/c1-22-18(21)13-7-8-16-14(10-13)11-15(17(19)20-16)9-12-5-3-2-4-6-12/h2-8,10-11H,9H2,1H3. The third-order valence-corrected chi connectivity index (χ3v) is 3.83. The highest BCUT2D eigenvalue weighted by Gasteiger charge is 2.10. The van der Waals surface area contributed by atoms with E-state index in [1.807, 2.05) is 36.4 Å². The molecule has 0 aliphatic rings. The average Bonchev–Trinajstić information content (AvgIpc) is 2.55. The Morgan fingerprint density at radius 2 is 1.91 bits per heavy atom. The Labute approximate surface area is 133 Å². The van der Waals surface area contributed by atoms with E-state index in [4.69, 9.17) is 16.3 Å². The van der Waals surface area contributed by atoms with Crippen LogP contribution >= 0.6 is 11.6 Å². The maximum Gasteiger partial charge on any atom is 0.337 e. The minimum absolute atomic E-state index is 0.360. The lowest BCUT2D eigenvalue weighted by Gasteiger charge is -2.07. The molecule has 0 unspecified atom stereocenters. The molecule has 1 aromatic heterocycles. The van der Waals surface area contributed by atoms with E-state index in [-0.39, 0.29) is 5.97 Å². The van der Waals surface area contributed by atoms with Crippen LogP contribution < -0.4 is 0 Å². The first-order valence-electron chi connectivity index (χ1n) is 6.89. The molecule has 0 N–H and O–H groups in total. The molecule has 2 aromatic carbocycles. The fraction of sp³-hybridized carbons (Fsp3) is 0.111. The summed E-state index contributed by atoms with van der Waals surface area (Å²) >= 11 is 6.28. The van der Waals surface area contributed by atoms with Gasteiger partial charge < -0.3 is 4.74 Å². The third-order valence-electron chi connectivity index (χ3n) is 3.50. The predicted octanol–water partition coefficient (Wildman–Crippen LogP) is 4.27. The topological polar surface area (TPSA) is 39.2 Å². The number of carbonyl (C=O) groups excluding carboxylic acids is 1. The lowest BCUT2D eigenvalue weighted by atomic mass is 10.0. The summed E-state index contributed by atoms with van der Waals surface area (Å²) in [5.41, 5.74) is 3.36. The molecular weight excluding hydrogens is 298 g/mol. The van der Waals surface area contributed by atoms with E-state index in [2.05, 4.69) is 4.98 Å². The van der Waals surface area contributed by atoms with Crippen LogP contribution in [0.4, 0.5) is 0 Å². The Morgan fingerprint density at radius 1 is 1.14 bits per heavy atom. The molecule has 0 atom stereocenters. The van der Waals surface area contributed by atoms with Gasteiger partial charge in [0, 0.05) is 11.8 Å². The summed E-state index contributed by atoms with van der Waals surface area (Å²) < 4.78 is 4.75. The van der Waals surface area contributed by atoms with Crippen molar-refractivity contribution in [2.24, 2.45) is 0 Å². The smallest absolute Gasteiger partial charge is 0.337 e. The van der Waals surface area contributed by atoms with Gasteiger partial charge >= 0.3 is 5.97 Å². The zero-order valence-corrected chi connectivity index (χ0v) is 12.8. The quantitative estimate of drug-likeness (QED) is 0.536. The number of halogens is 1. The molecule has 1 heterocycles. The van der Waals surface area contributed by atoms with Gasteiger partial charge in [-0.05, 0) is 35.4 Å². The van der Waals surface area contributed by atoms with Crippen molar-refractivity contribution in [3.8, 4) is 0 Å². The van der Waals surface area contributed by atoms with Crippen molar-refractivity contribution in [2.75, 3.05) is 7.11 Å². The Hall–Kier alpha value is -2.39. The van der Waals surface area contributed by atoms with E-state index in [1.165, 1.54) is 7.11 Å².